The predicted octanol–water partition coefficient (Wildman–Crippen LogP) is 0.937. The van der Waals surface area contributed by atoms with Crippen molar-refractivity contribution in [3.05, 3.63) is 18.2 Å². The van der Waals surface area contributed by atoms with Crippen molar-refractivity contribution in [2.45, 2.75) is 4.90 Å². The van der Waals surface area contributed by atoms with E-state index in [1.165, 1.54) is 11.8 Å². The molecule has 1 atom stereocenters. The summed E-state index contributed by atoms with van der Waals surface area (Å²) in [6, 6.07) is 5.07. The van der Waals surface area contributed by atoms with Crippen LogP contribution in [0.4, 0.5) is 11.4 Å². The summed E-state index contributed by atoms with van der Waals surface area (Å²) in [6.45, 7) is 0. The normalized spacial score (nSPS) is 16.5. The molecule has 7 heteroatoms. The van der Waals surface area contributed by atoms with Gasteiger partial charge in [-0.3, -0.25) is 9.00 Å². The van der Waals surface area contributed by atoms with Gasteiger partial charge in [0.15, 0.2) is 0 Å². The molecular weight excluding hydrogens is 236 g/mol. The maximum absolute atomic E-state index is 11.1. The summed E-state index contributed by atoms with van der Waals surface area (Å²) in [5.74, 6) is 0.227. The first-order valence-corrected chi connectivity index (χ1v) is 6.14. The number of nitrogens with one attached hydrogen (secondary N) is 2. The molecule has 0 aromatic heterocycles. The third kappa shape index (κ3) is 2.31. The number of carbonyl (C=O) groups excluding carboxylic acids is 1. The number of hydrogen-bond donors (Lipinski definition) is 2. The lowest BCUT2D eigenvalue weighted by atomic mass is 10.3. The summed E-state index contributed by atoms with van der Waals surface area (Å²) < 4.78 is 23.3. The van der Waals surface area contributed by atoms with Gasteiger partial charge in [-0.2, -0.15) is 0 Å². The smallest absolute Gasteiger partial charge is 0.234 e. The summed E-state index contributed by atoms with van der Waals surface area (Å²) in [4.78, 5) is 11.8. The highest BCUT2D eigenvalue weighted by Crippen LogP contribution is 2.37. The van der Waals surface area contributed by atoms with Gasteiger partial charge in [-0.15, -0.1) is 11.8 Å². The topological polar surface area (TPSA) is 81.3 Å². The van der Waals surface area contributed by atoms with Gasteiger partial charge in [-0.1, -0.05) is 6.07 Å². The molecule has 1 aromatic rings. The largest absolute Gasteiger partial charge is 0.755 e. The fraction of sp³-hybridized carbons (Fsp3) is 0.125. The molecule has 1 aliphatic heterocycles. The van der Waals surface area contributed by atoms with Gasteiger partial charge in [0, 0.05) is 11.3 Å². The van der Waals surface area contributed by atoms with Crippen molar-refractivity contribution < 1.29 is 13.6 Å². The summed E-state index contributed by atoms with van der Waals surface area (Å²) in [5, 5.41) is 2.67. The third-order valence-electron chi connectivity index (χ3n) is 1.83. The number of amides is 1. The Hall–Kier alpha value is -1.05. The van der Waals surface area contributed by atoms with Gasteiger partial charge in [0.1, 0.15) is 0 Å². The van der Waals surface area contributed by atoms with E-state index in [1.807, 2.05) is 0 Å². The molecular formula is C8H7N2O3S2-. The molecule has 1 aromatic carbocycles. The van der Waals surface area contributed by atoms with Crippen LogP contribution >= 0.6 is 11.8 Å². The standard InChI is InChI=1S/C8H8N2O3S2/c11-7-4-14-8-5(9-7)2-1-3-6(8)10-15(12)13/h1-3,10H,4H2,(H,9,11)(H,12,13)/p-1. The van der Waals surface area contributed by atoms with Crippen molar-refractivity contribution in [1.82, 2.24) is 0 Å². The van der Waals surface area contributed by atoms with Crippen molar-refractivity contribution in [3.63, 3.8) is 0 Å². The minimum absolute atomic E-state index is 0.0760. The van der Waals surface area contributed by atoms with Crippen LogP contribution in [0.1, 0.15) is 0 Å². The SMILES string of the molecule is O=C1CSc2c(cccc2NS(=O)[O-])N1. The molecule has 0 aliphatic carbocycles. The quantitative estimate of drug-likeness (QED) is 0.757. The van der Waals surface area contributed by atoms with Crippen LogP contribution in [0.2, 0.25) is 0 Å². The molecule has 0 bridgehead atoms. The van der Waals surface area contributed by atoms with E-state index in [4.69, 9.17) is 0 Å². The number of hydrogen-bond acceptors (Lipinski definition) is 4. The van der Waals surface area contributed by atoms with Gasteiger partial charge in [0.2, 0.25) is 5.91 Å². The maximum atomic E-state index is 11.1. The molecule has 1 heterocycles. The Bertz CT molecular complexity index is 436. The summed E-state index contributed by atoms with van der Waals surface area (Å²) in [6.07, 6.45) is 0. The van der Waals surface area contributed by atoms with E-state index in [0.717, 1.165) is 4.90 Å². The first-order chi connectivity index (χ1) is 7.16. The van der Waals surface area contributed by atoms with Gasteiger partial charge >= 0.3 is 0 Å². The molecule has 80 valence electrons. The van der Waals surface area contributed by atoms with Crippen LogP contribution in [0.3, 0.4) is 0 Å². The van der Waals surface area contributed by atoms with Gasteiger partial charge in [0.25, 0.3) is 0 Å². The first-order valence-electron chi connectivity index (χ1n) is 4.08. The molecule has 15 heavy (non-hydrogen) atoms. The molecule has 0 saturated heterocycles. The minimum Gasteiger partial charge on any atom is -0.755 e. The average Bonchev–Trinajstić information content (AvgIpc) is 2.16. The van der Waals surface area contributed by atoms with Gasteiger partial charge in [0.05, 0.1) is 22.0 Å². The number of anilines is 2. The molecule has 0 spiro atoms. The Labute approximate surface area is 93.1 Å². The zero-order valence-electron chi connectivity index (χ0n) is 7.48. The van der Waals surface area contributed by atoms with E-state index in [2.05, 4.69) is 10.0 Å². The Morgan fingerprint density at radius 1 is 1.53 bits per heavy atom. The molecule has 0 fully saturated rings. The molecule has 1 unspecified atom stereocenters. The van der Waals surface area contributed by atoms with E-state index >= 15 is 0 Å². The van der Waals surface area contributed by atoms with Crippen molar-refractivity contribution in [2.75, 3.05) is 15.8 Å². The van der Waals surface area contributed by atoms with E-state index in [1.54, 1.807) is 18.2 Å². The molecule has 2 rings (SSSR count). The summed E-state index contributed by atoms with van der Waals surface area (Å²) in [7, 11) is 0. The van der Waals surface area contributed by atoms with Gasteiger partial charge in [-0.25, -0.2) is 0 Å². The zero-order valence-corrected chi connectivity index (χ0v) is 9.11. The Kier molecular flexibility index (Phi) is 2.94. The predicted molar refractivity (Wildman–Crippen MR) is 58.3 cm³/mol. The monoisotopic (exact) mass is 243 g/mol. The zero-order chi connectivity index (χ0) is 10.8. The second kappa shape index (κ2) is 4.21. The molecule has 5 nitrogen and oxygen atoms in total. The highest BCUT2D eigenvalue weighted by Gasteiger charge is 2.17. The number of rotatable bonds is 2. The van der Waals surface area contributed by atoms with Crippen molar-refractivity contribution >= 4 is 40.3 Å². The molecule has 1 amide bonds. The van der Waals surface area contributed by atoms with Gasteiger partial charge in [-0.05, 0) is 12.1 Å². The maximum Gasteiger partial charge on any atom is 0.234 e. The van der Waals surface area contributed by atoms with Crippen LogP contribution in [0.5, 0.6) is 0 Å². The van der Waals surface area contributed by atoms with E-state index in [-0.39, 0.29) is 5.91 Å². The number of fused-ring (bicyclic) bond motifs is 1. The first kappa shape index (κ1) is 10.5. The van der Waals surface area contributed by atoms with Crippen molar-refractivity contribution in [2.24, 2.45) is 0 Å². The number of carbonyl (C=O) groups is 1. The van der Waals surface area contributed by atoms with Crippen LogP contribution in [-0.4, -0.2) is 20.4 Å². The third-order valence-corrected chi connectivity index (χ3v) is 3.35. The fourth-order valence-electron chi connectivity index (χ4n) is 1.29. The van der Waals surface area contributed by atoms with E-state index < -0.39 is 11.3 Å². The average molecular weight is 243 g/mol. The van der Waals surface area contributed by atoms with Crippen molar-refractivity contribution in [3.8, 4) is 0 Å². The fourth-order valence-corrected chi connectivity index (χ4v) is 2.60. The Balaban J connectivity index is 2.37. The summed E-state index contributed by atoms with van der Waals surface area (Å²) >= 11 is -1.03. The second-order valence-corrected chi connectivity index (χ2v) is 4.52. The van der Waals surface area contributed by atoms with Crippen LogP contribution in [0.15, 0.2) is 23.1 Å². The lowest BCUT2D eigenvalue weighted by Crippen LogP contribution is -2.19. The van der Waals surface area contributed by atoms with Gasteiger partial charge < -0.3 is 14.6 Å². The molecule has 0 radical (unpaired) electrons. The van der Waals surface area contributed by atoms with E-state index in [0.29, 0.717) is 17.1 Å². The lowest BCUT2D eigenvalue weighted by molar-refractivity contribution is -0.113. The molecule has 0 saturated carbocycles. The van der Waals surface area contributed by atoms with Crippen LogP contribution < -0.4 is 10.0 Å². The Morgan fingerprint density at radius 2 is 2.33 bits per heavy atom. The summed E-state index contributed by atoms with van der Waals surface area (Å²) in [5.41, 5.74) is 1.14. The molecule has 1 aliphatic rings. The van der Waals surface area contributed by atoms with Crippen LogP contribution in [-0.2, 0) is 16.1 Å². The Morgan fingerprint density at radius 3 is 3.07 bits per heavy atom. The van der Waals surface area contributed by atoms with Crippen LogP contribution in [0.25, 0.3) is 0 Å². The van der Waals surface area contributed by atoms with Crippen LogP contribution in [0, 0.1) is 0 Å². The highest BCUT2D eigenvalue weighted by molar-refractivity contribution is 8.00. The number of thioether (sulfide) groups is 1. The molecule has 2 N–H and O–H groups in total. The lowest BCUT2D eigenvalue weighted by Gasteiger charge is -2.20. The minimum atomic E-state index is -2.35. The second-order valence-electron chi connectivity index (χ2n) is 2.86. The highest BCUT2D eigenvalue weighted by atomic mass is 32.2. The van der Waals surface area contributed by atoms with Crippen molar-refractivity contribution in [1.29, 1.82) is 0 Å². The number of benzene rings is 1. The van der Waals surface area contributed by atoms with E-state index in [9.17, 15) is 13.6 Å².